The van der Waals surface area contributed by atoms with E-state index in [-0.39, 0.29) is 30.7 Å². The van der Waals surface area contributed by atoms with Crippen LogP contribution >= 0.6 is 0 Å². The number of halogens is 1. The summed E-state index contributed by atoms with van der Waals surface area (Å²) < 4.78 is 17.4. The number of benzene rings is 2. The molecule has 1 aromatic heterocycles. The third kappa shape index (κ3) is 6.59. The highest BCUT2D eigenvalue weighted by Crippen LogP contribution is 2.28. The zero-order valence-electron chi connectivity index (χ0n) is 18.1. The summed E-state index contributed by atoms with van der Waals surface area (Å²) in [5.74, 6) is -0.178. The molecule has 2 atom stereocenters. The van der Waals surface area contributed by atoms with Crippen LogP contribution in [-0.4, -0.2) is 45.6 Å². The molecular formula is C25H28FN3O3. The largest absolute Gasteiger partial charge is 0.446 e. The van der Waals surface area contributed by atoms with Gasteiger partial charge in [0.2, 0.25) is 0 Å². The van der Waals surface area contributed by atoms with Crippen LogP contribution in [0.3, 0.4) is 0 Å². The van der Waals surface area contributed by atoms with Crippen molar-refractivity contribution in [1.29, 1.82) is 0 Å². The number of carbonyl (C=O) groups is 1. The van der Waals surface area contributed by atoms with Gasteiger partial charge in [0.15, 0.2) is 0 Å². The first-order valence-corrected chi connectivity index (χ1v) is 10.7. The fourth-order valence-corrected chi connectivity index (χ4v) is 3.50. The molecule has 1 amide bonds. The molecule has 0 aliphatic carbocycles. The molecule has 3 aromatic rings. The van der Waals surface area contributed by atoms with Gasteiger partial charge in [0, 0.05) is 31.3 Å². The van der Waals surface area contributed by atoms with E-state index in [4.69, 9.17) is 9.84 Å². The minimum absolute atomic E-state index is 0.0535. The zero-order chi connectivity index (χ0) is 22.8. The molecule has 2 heterocycles. The summed E-state index contributed by atoms with van der Waals surface area (Å²) in [6, 6.07) is 19.7. The molecule has 6 nitrogen and oxygen atoms in total. The third-order valence-electron chi connectivity index (χ3n) is 5.34. The van der Waals surface area contributed by atoms with E-state index in [9.17, 15) is 9.18 Å². The van der Waals surface area contributed by atoms with Crippen LogP contribution in [0.1, 0.15) is 37.8 Å². The van der Waals surface area contributed by atoms with Gasteiger partial charge in [-0.05, 0) is 49.6 Å². The Morgan fingerprint density at radius 1 is 1.12 bits per heavy atom. The summed E-state index contributed by atoms with van der Waals surface area (Å²) in [7, 11) is 0. The first-order chi connectivity index (χ1) is 15.6. The van der Waals surface area contributed by atoms with Gasteiger partial charge in [0.05, 0.1) is 11.7 Å². The normalized spacial score (nSPS) is 16.5. The lowest BCUT2D eigenvalue weighted by atomic mass is 10.0. The summed E-state index contributed by atoms with van der Waals surface area (Å²) in [6.07, 6.45) is 3.47. The van der Waals surface area contributed by atoms with E-state index in [2.05, 4.69) is 10.2 Å². The Morgan fingerprint density at radius 2 is 1.88 bits per heavy atom. The number of carbonyl (C=O) groups excluding carboxylic acids is 1. The molecule has 1 fully saturated rings. The van der Waals surface area contributed by atoms with Gasteiger partial charge in [-0.2, -0.15) is 10.2 Å². The number of cyclic esters (lactones) is 1. The minimum Gasteiger partial charge on any atom is -0.446 e. The molecule has 4 rings (SSSR count). The highest BCUT2D eigenvalue weighted by Gasteiger charge is 2.30. The van der Waals surface area contributed by atoms with Crippen LogP contribution in [-0.2, 0) is 4.74 Å². The number of hydrogen-bond donors (Lipinski definition) is 1. The molecule has 1 saturated heterocycles. The Labute approximate surface area is 187 Å². The minimum atomic E-state index is -0.278. The van der Waals surface area contributed by atoms with E-state index >= 15 is 0 Å². The van der Waals surface area contributed by atoms with Gasteiger partial charge in [-0.25, -0.2) is 9.18 Å². The van der Waals surface area contributed by atoms with Crippen molar-refractivity contribution in [3.8, 4) is 11.3 Å². The topological polar surface area (TPSA) is 75.6 Å². The SMILES string of the molecule is CC(c1ccc(-c2cccnn2)cc1)N1CCC(CCCO)OC1=O.Fc1ccccc1. The third-order valence-corrected chi connectivity index (χ3v) is 5.34. The highest BCUT2D eigenvalue weighted by molar-refractivity contribution is 5.69. The molecule has 0 saturated carbocycles. The summed E-state index contributed by atoms with van der Waals surface area (Å²) >= 11 is 0. The maximum Gasteiger partial charge on any atom is 0.410 e. The molecule has 2 unspecified atom stereocenters. The average molecular weight is 438 g/mol. The standard InChI is InChI=1S/C19H23N3O3.C6H5F/c1-14(22-12-10-17(4-3-13-23)25-19(22)24)15-6-8-16(9-7-15)18-5-2-11-20-21-18;7-6-4-2-1-3-5-6/h2,5-9,11,14,17,23H,3-4,10,12-13H2,1H3;1-5H. The molecule has 0 bridgehead atoms. The second-order valence-corrected chi connectivity index (χ2v) is 7.56. The van der Waals surface area contributed by atoms with E-state index in [1.165, 1.54) is 12.1 Å². The monoisotopic (exact) mass is 437 g/mol. The number of nitrogens with zero attached hydrogens (tertiary/aromatic N) is 3. The lowest BCUT2D eigenvalue weighted by Crippen LogP contribution is -2.43. The lowest BCUT2D eigenvalue weighted by Gasteiger charge is -2.35. The predicted molar refractivity (Wildman–Crippen MR) is 120 cm³/mol. The van der Waals surface area contributed by atoms with Crippen LogP contribution in [0.25, 0.3) is 11.3 Å². The van der Waals surface area contributed by atoms with Crippen molar-refractivity contribution in [2.75, 3.05) is 13.2 Å². The Bertz CT molecular complexity index is 955. The first-order valence-electron chi connectivity index (χ1n) is 10.7. The molecule has 0 radical (unpaired) electrons. The maximum absolute atomic E-state index is 12.3. The van der Waals surface area contributed by atoms with Gasteiger partial charge < -0.3 is 14.7 Å². The number of rotatable bonds is 6. The number of hydrogen-bond acceptors (Lipinski definition) is 5. The van der Waals surface area contributed by atoms with Crippen molar-refractivity contribution in [2.45, 2.75) is 38.3 Å². The number of ether oxygens (including phenoxy) is 1. The van der Waals surface area contributed by atoms with Crippen LogP contribution in [0.15, 0.2) is 72.9 Å². The Balaban J connectivity index is 0.000000352. The fraction of sp³-hybridized carbons (Fsp3) is 0.320. The van der Waals surface area contributed by atoms with Crippen LogP contribution in [0.4, 0.5) is 9.18 Å². The number of aliphatic hydroxyl groups is 1. The smallest absolute Gasteiger partial charge is 0.410 e. The average Bonchev–Trinajstić information content (AvgIpc) is 2.84. The van der Waals surface area contributed by atoms with Crippen molar-refractivity contribution in [2.24, 2.45) is 0 Å². The van der Waals surface area contributed by atoms with Crippen LogP contribution in [0, 0.1) is 5.82 Å². The predicted octanol–water partition coefficient (Wildman–Crippen LogP) is 5.01. The lowest BCUT2D eigenvalue weighted by molar-refractivity contribution is 0.00760. The van der Waals surface area contributed by atoms with Crippen LogP contribution in [0.2, 0.25) is 0 Å². The van der Waals surface area contributed by atoms with E-state index < -0.39 is 0 Å². The number of amides is 1. The van der Waals surface area contributed by atoms with Crippen LogP contribution in [0.5, 0.6) is 0 Å². The summed E-state index contributed by atoms with van der Waals surface area (Å²) in [5, 5.41) is 16.9. The van der Waals surface area contributed by atoms with E-state index in [0.29, 0.717) is 13.0 Å². The zero-order valence-corrected chi connectivity index (χ0v) is 18.1. The Kier molecular flexibility index (Phi) is 8.69. The Morgan fingerprint density at radius 3 is 2.44 bits per heavy atom. The Hall–Kier alpha value is -3.32. The van der Waals surface area contributed by atoms with Gasteiger partial charge >= 0.3 is 6.09 Å². The summed E-state index contributed by atoms with van der Waals surface area (Å²) in [6.45, 7) is 2.81. The van der Waals surface area contributed by atoms with Gasteiger partial charge in [0.1, 0.15) is 11.9 Å². The molecule has 1 aliphatic heterocycles. The second-order valence-electron chi connectivity index (χ2n) is 7.56. The molecule has 0 spiro atoms. The molecule has 2 aromatic carbocycles. The van der Waals surface area contributed by atoms with Gasteiger partial charge in [-0.15, -0.1) is 0 Å². The fourth-order valence-electron chi connectivity index (χ4n) is 3.50. The summed E-state index contributed by atoms with van der Waals surface area (Å²) in [4.78, 5) is 14.1. The molecule has 1 aliphatic rings. The first kappa shape index (κ1) is 23.3. The van der Waals surface area contributed by atoms with Crippen molar-refractivity contribution >= 4 is 6.09 Å². The molecule has 1 N–H and O–H groups in total. The van der Waals surface area contributed by atoms with Crippen molar-refractivity contribution in [1.82, 2.24) is 15.1 Å². The highest BCUT2D eigenvalue weighted by atomic mass is 19.1. The van der Waals surface area contributed by atoms with Gasteiger partial charge in [-0.1, -0.05) is 42.5 Å². The van der Waals surface area contributed by atoms with E-state index in [0.717, 1.165) is 29.7 Å². The quantitative estimate of drug-likeness (QED) is 0.586. The van der Waals surface area contributed by atoms with Gasteiger partial charge in [0.25, 0.3) is 0 Å². The van der Waals surface area contributed by atoms with Crippen molar-refractivity contribution < 1.29 is 19.0 Å². The number of aromatic nitrogens is 2. The second kappa shape index (κ2) is 11.9. The van der Waals surface area contributed by atoms with E-state index in [1.807, 2.05) is 43.3 Å². The van der Waals surface area contributed by atoms with Crippen LogP contribution < -0.4 is 0 Å². The number of aliphatic hydroxyl groups excluding tert-OH is 1. The maximum atomic E-state index is 12.3. The van der Waals surface area contributed by atoms with E-state index in [1.54, 1.807) is 29.3 Å². The van der Waals surface area contributed by atoms with Crippen molar-refractivity contribution in [3.05, 3.63) is 84.3 Å². The van der Waals surface area contributed by atoms with Gasteiger partial charge in [-0.3, -0.25) is 0 Å². The molecule has 168 valence electrons. The molecule has 7 heteroatoms. The molecule has 32 heavy (non-hydrogen) atoms. The molecular weight excluding hydrogens is 409 g/mol. The summed E-state index contributed by atoms with van der Waals surface area (Å²) in [5.41, 5.74) is 2.87. The van der Waals surface area contributed by atoms with Crippen molar-refractivity contribution in [3.63, 3.8) is 0 Å².